The summed E-state index contributed by atoms with van der Waals surface area (Å²) in [6.07, 6.45) is 3.59. The summed E-state index contributed by atoms with van der Waals surface area (Å²) in [5, 5.41) is 9.51. The zero-order valence-electron chi connectivity index (χ0n) is 18.3. The van der Waals surface area contributed by atoms with Crippen molar-refractivity contribution >= 4 is 23.9 Å². The van der Waals surface area contributed by atoms with E-state index in [1.54, 1.807) is 18.1 Å². The number of benzene rings is 2. The number of ether oxygens (including phenoxy) is 2. The molecule has 0 bridgehead atoms. The van der Waals surface area contributed by atoms with Gasteiger partial charge in [-0.25, -0.2) is 0 Å². The van der Waals surface area contributed by atoms with Crippen molar-refractivity contribution in [2.24, 2.45) is 0 Å². The van der Waals surface area contributed by atoms with Gasteiger partial charge in [-0.2, -0.15) is 10.2 Å². The van der Waals surface area contributed by atoms with E-state index < -0.39 is 0 Å². The lowest BCUT2D eigenvalue weighted by Crippen LogP contribution is -2.50. The van der Waals surface area contributed by atoms with Gasteiger partial charge in [-0.05, 0) is 35.9 Å². The molecule has 1 saturated heterocycles. The summed E-state index contributed by atoms with van der Waals surface area (Å²) in [6, 6.07) is 18.9. The van der Waals surface area contributed by atoms with Gasteiger partial charge in [0.05, 0.1) is 7.11 Å². The zero-order valence-corrected chi connectivity index (χ0v) is 18.3. The number of carbonyl (C=O) groups excluding carboxylic acids is 1. The van der Waals surface area contributed by atoms with Crippen LogP contribution in [-0.2, 0) is 4.79 Å². The third-order valence-electron chi connectivity index (χ3n) is 5.29. The van der Waals surface area contributed by atoms with E-state index in [0.717, 1.165) is 11.3 Å². The maximum Gasteiger partial charge on any atom is 0.260 e. The number of piperazine rings is 1. The van der Waals surface area contributed by atoms with Crippen LogP contribution in [0.1, 0.15) is 17.1 Å². The second-order valence-corrected chi connectivity index (χ2v) is 7.39. The maximum absolute atomic E-state index is 12.5. The number of rotatable bonds is 7. The van der Waals surface area contributed by atoms with Gasteiger partial charge in [-0.1, -0.05) is 30.3 Å². The number of hydrogen-bond donors (Lipinski definition) is 0. The molecule has 1 amide bonds. The smallest absolute Gasteiger partial charge is 0.260 e. The fourth-order valence-corrected chi connectivity index (χ4v) is 3.48. The Hall–Kier alpha value is -4.25. The number of amides is 1. The molecular weight excluding hydrogens is 420 g/mol. The highest BCUT2D eigenvalue weighted by molar-refractivity contribution is 5.78. The van der Waals surface area contributed by atoms with Crippen LogP contribution in [0.25, 0.3) is 12.2 Å². The molecule has 3 aromatic rings. The van der Waals surface area contributed by atoms with Gasteiger partial charge in [-0.15, -0.1) is 0 Å². The van der Waals surface area contributed by atoms with Crippen molar-refractivity contribution in [3.63, 3.8) is 0 Å². The van der Waals surface area contributed by atoms with E-state index in [4.69, 9.17) is 13.9 Å². The van der Waals surface area contributed by atoms with Gasteiger partial charge < -0.3 is 23.7 Å². The standard InChI is InChI=1S/C25H24N4O4/c1-31-20-10-7-19(8-11-20)9-12-23-27-22(17-26)25(33-23)29-15-13-28(14-16-29)24(30)18-32-21-5-3-2-4-6-21/h2-12H,13-16,18H2,1H3/b12-9+. The Kier molecular flexibility index (Phi) is 6.90. The minimum atomic E-state index is -0.0697. The fraction of sp³-hybridized carbons (Fsp3) is 0.240. The van der Waals surface area contributed by atoms with Crippen LogP contribution in [0.15, 0.2) is 59.0 Å². The Morgan fingerprint density at radius 2 is 1.79 bits per heavy atom. The Morgan fingerprint density at radius 1 is 1.06 bits per heavy atom. The molecule has 8 heteroatoms. The fourth-order valence-electron chi connectivity index (χ4n) is 3.48. The SMILES string of the molecule is COc1ccc(/C=C/c2nc(C#N)c(N3CCN(C(=O)COc4ccccc4)CC3)o2)cc1. The van der Waals surface area contributed by atoms with Gasteiger partial charge in [0.2, 0.25) is 17.5 Å². The predicted octanol–water partition coefficient (Wildman–Crippen LogP) is 3.45. The van der Waals surface area contributed by atoms with E-state index in [1.165, 1.54) is 0 Å². The number of anilines is 1. The molecule has 2 aromatic carbocycles. The molecule has 0 spiro atoms. The van der Waals surface area contributed by atoms with Gasteiger partial charge >= 0.3 is 0 Å². The molecule has 8 nitrogen and oxygen atoms in total. The first-order valence-corrected chi connectivity index (χ1v) is 10.6. The summed E-state index contributed by atoms with van der Waals surface area (Å²) in [4.78, 5) is 20.5. The minimum Gasteiger partial charge on any atom is -0.497 e. The van der Waals surface area contributed by atoms with E-state index in [1.807, 2.05) is 65.6 Å². The van der Waals surface area contributed by atoms with Gasteiger partial charge in [-0.3, -0.25) is 4.79 Å². The van der Waals surface area contributed by atoms with Gasteiger partial charge in [0.1, 0.15) is 17.6 Å². The van der Waals surface area contributed by atoms with Crippen molar-refractivity contribution in [2.45, 2.75) is 0 Å². The second-order valence-electron chi connectivity index (χ2n) is 7.39. The first kappa shape index (κ1) is 22.0. The molecular formula is C25H24N4O4. The van der Waals surface area contributed by atoms with Crippen LogP contribution < -0.4 is 14.4 Å². The first-order valence-electron chi connectivity index (χ1n) is 10.6. The molecule has 4 rings (SSSR count). The normalized spacial score (nSPS) is 13.7. The quantitative estimate of drug-likeness (QED) is 0.551. The second kappa shape index (κ2) is 10.4. The van der Waals surface area contributed by atoms with Crippen molar-refractivity contribution in [1.29, 1.82) is 5.26 Å². The summed E-state index contributed by atoms with van der Waals surface area (Å²) in [6.45, 7) is 2.11. The van der Waals surface area contributed by atoms with Crippen molar-refractivity contribution in [1.82, 2.24) is 9.88 Å². The highest BCUT2D eigenvalue weighted by Gasteiger charge is 2.26. The van der Waals surface area contributed by atoms with Crippen molar-refractivity contribution in [3.8, 4) is 17.6 Å². The van der Waals surface area contributed by atoms with Crippen LogP contribution in [0.3, 0.4) is 0 Å². The maximum atomic E-state index is 12.5. The van der Waals surface area contributed by atoms with E-state index in [9.17, 15) is 10.1 Å². The lowest BCUT2D eigenvalue weighted by atomic mass is 10.2. The zero-order chi connectivity index (χ0) is 23.0. The molecule has 0 aliphatic carbocycles. The molecule has 0 radical (unpaired) electrons. The van der Waals surface area contributed by atoms with Crippen LogP contribution in [0.4, 0.5) is 5.88 Å². The van der Waals surface area contributed by atoms with E-state index >= 15 is 0 Å². The summed E-state index contributed by atoms with van der Waals surface area (Å²) in [5.41, 5.74) is 1.19. The third kappa shape index (κ3) is 5.52. The third-order valence-corrected chi connectivity index (χ3v) is 5.29. The summed E-state index contributed by atoms with van der Waals surface area (Å²) in [7, 11) is 1.62. The number of oxazole rings is 1. The van der Waals surface area contributed by atoms with Gasteiger partial charge in [0, 0.05) is 32.3 Å². The molecule has 0 atom stereocenters. The summed E-state index contributed by atoms with van der Waals surface area (Å²) < 4.78 is 16.6. The highest BCUT2D eigenvalue weighted by atomic mass is 16.5. The Bertz CT molecular complexity index is 1140. The van der Waals surface area contributed by atoms with E-state index in [-0.39, 0.29) is 18.2 Å². The number of nitriles is 1. The van der Waals surface area contributed by atoms with Crippen molar-refractivity contribution < 1.29 is 18.7 Å². The predicted molar refractivity (Wildman–Crippen MR) is 124 cm³/mol. The average molecular weight is 444 g/mol. The van der Waals surface area contributed by atoms with Crippen LogP contribution in [0.2, 0.25) is 0 Å². The summed E-state index contributed by atoms with van der Waals surface area (Å²) >= 11 is 0. The lowest BCUT2D eigenvalue weighted by molar-refractivity contribution is -0.133. The number of carbonyl (C=O) groups is 1. The van der Waals surface area contributed by atoms with Crippen LogP contribution in [0.5, 0.6) is 11.5 Å². The molecule has 0 unspecified atom stereocenters. The Labute approximate surface area is 192 Å². The Balaban J connectivity index is 1.34. The molecule has 33 heavy (non-hydrogen) atoms. The monoisotopic (exact) mass is 444 g/mol. The number of hydrogen-bond acceptors (Lipinski definition) is 7. The largest absolute Gasteiger partial charge is 0.497 e. The molecule has 1 aromatic heterocycles. The van der Waals surface area contributed by atoms with Crippen molar-refractivity contribution in [3.05, 3.63) is 71.7 Å². The molecule has 2 heterocycles. The number of aromatic nitrogens is 1. The lowest BCUT2D eigenvalue weighted by Gasteiger charge is -2.34. The number of nitrogens with zero attached hydrogens (tertiary/aromatic N) is 4. The molecule has 0 N–H and O–H groups in total. The molecule has 1 aliphatic heterocycles. The first-order chi connectivity index (χ1) is 16.2. The molecule has 0 saturated carbocycles. The van der Waals surface area contributed by atoms with E-state index in [0.29, 0.717) is 43.7 Å². The van der Waals surface area contributed by atoms with Crippen LogP contribution in [-0.4, -0.2) is 55.7 Å². The Morgan fingerprint density at radius 3 is 2.45 bits per heavy atom. The van der Waals surface area contributed by atoms with Gasteiger partial charge in [0.15, 0.2) is 6.61 Å². The molecule has 168 valence electrons. The minimum absolute atomic E-state index is 0.00390. The van der Waals surface area contributed by atoms with Gasteiger partial charge in [0.25, 0.3) is 5.91 Å². The summed E-state index contributed by atoms with van der Waals surface area (Å²) in [5.74, 6) is 2.16. The number of methoxy groups -OCH3 is 1. The van der Waals surface area contributed by atoms with E-state index in [2.05, 4.69) is 11.1 Å². The number of para-hydroxylation sites is 1. The molecule has 1 aliphatic rings. The van der Waals surface area contributed by atoms with Crippen LogP contribution >= 0.6 is 0 Å². The highest BCUT2D eigenvalue weighted by Crippen LogP contribution is 2.24. The average Bonchev–Trinajstić information content (AvgIpc) is 3.30. The topological polar surface area (TPSA) is 91.8 Å². The van der Waals surface area contributed by atoms with Crippen molar-refractivity contribution in [2.75, 3.05) is 44.8 Å². The van der Waals surface area contributed by atoms with Crippen LogP contribution in [0, 0.1) is 11.3 Å². The molecule has 1 fully saturated rings.